The first-order valence-electron chi connectivity index (χ1n) is 7.09. The summed E-state index contributed by atoms with van der Waals surface area (Å²) < 4.78 is 0. The summed E-state index contributed by atoms with van der Waals surface area (Å²) in [6, 6.07) is 0. The summed E-state index contributed by atoms with van der Waals surface area (Å²) in [6.45, 7) is 13.1. The summed E-state index contributed by atoms with van der Waals surface area (Å²) in [5.41, 5.74) is 0.951. The highest BCUT2D eigenvalue weighted by atomic mass is 16.4. The van der Waals surface area contributed by atoms with Crippen molar-refractivity contribution in [2.24, 2.45) is 22.4 Å². The lowest BCUT2D eigenvalue weighted by Gasteiger charge is -2.28. The fraction of sp³-hybridized carbons (Fsp3) is 0.933. The molecule has 0 aromatic heterocycles. The molecule has 0 spiro atoms. The molecule has 0 radical (unpaired) electrons. The van der Waals surface area contributed by atoms with Crippen LogP contribution in [0.15, 0.2) is 5.16 Å². The van der Waals surface area contributed by atoms with Crippen LogP contribution in [-0.4, -0.2) is 10.9 Å². The van der Waals surface area contributed by atoms with E-state index < -0.39 is 0 Å². The van der Waals surface area contributed by atoms with Gasteiger partial charge in [-0.1, -0.05) is 66.0 Å². The standard InChI is InChI=1S/C15H31NO/c1-7-9-13(11-10-12(3)8-2)14(16-17)15(4,5)6/h12-13,17H,7-11H2,1-6H3/b16-14+. The van der Waals surface area contributed by atoms with Crippen molar-refractivity contribution < 1.29 is 5.21 Å². The first kappa shape index (κ1) is 16.5. The van der Waals surface area contributed by atoms with Crippen molar-refractivity contribution in [2.45, 2.75) is 73.6 Å². The lowest BCUT2D eigenvalue weighted by atomic mass is 9.77. The Bertz CT molecular complexity index is 228. The van der Waals surface area contributed by atoms with Gasteiger partial charge in [-0.15, -0.1) is 0 Å². The molecule has 0 aromatic rings. The highest BCUT2D eigenvalue weighted by Gasteiger charge is 2.27. The Hall–Kier alpha value is -0.530. The Balaban J connectivity index is 4.60. The average molecular weight is 241 g/mol. The van der Waals surface area contributed by atoms with Gasteiger partial charge in [0.2, 0.25) is 0 Å². The lowest BCUT2D eigenvalue weighted by Crippen LogP contribution is -2.29. The molecule has 0 aliphatic heterocycles. The zero-order valence-electron chi connectivity index (χ0n) is 12.6. The third-order valence-electron chi connectivity index (χ3n) is 3.60. The summed E-state index contributed by atoms with van der Waals surface area (Å²) in [5.74, 6) is 1.22. The van der Waals surface area contributed by atoms with Crippen molar-refractivity contribution in [1.29, 1.82) is 0 Å². The SMILES string of the molecule is CCCC(CCC(C)CC)/C(=N\O)C(C)(C)C. The van der Waals surface area contributed by atoms with Crippen molar-refractivity contribution >= 4 is 5.71 Å². The zero-order chi connectivity index (χ0) is 13.5. The topological polar surface area (TPSA) is 32.6 Å². The van der Waals surface area contributed by atoms with Gasteiger partial charge in [-0.2, -0.15) is 0 Å². The molecule has 2 unspecified atom stereocenters. The normalized spacial score (nSPS) is 16.9. The van der Waals surface area contributed by atoms with E-state index in [9.17, 15) is 5.21 Å². The van der Waals surface area contributed by atoms with Crippen LogP contribution < -0.4 is 0 Å². The van der Waals surface area contributed by atoms with E-state index in [1.165, 1.54) is 12.8 Å². The predicted octanol–water partition coefficient (Wildman–Crippen LogP) is 5.11. The predicted molar refractivity (Wildman–Crippen MR) is 75.8 cm³/mol. The number of hydrogen-bond acceptors (Lipinski definition) is 2. The number of hydrogen-bond donors (Lipinski definition) is 1. The summed E-state index contributed by atoms with van der Waals surface area (Å²) in [6.07, 6.45) is 5.91. The maximum atomic E-state index is 9.27. The van der Waals surface area contributed by atoms with Gasteiger partial charge in [-0.3, -0.25) is 0 Å². The molecule has 0 bridgehead atoms. The average Bonchev–Trinajstić information content (AvgIpc) is 2.24. The van der Waals surface area contributed by atoms with Crippen molar-refractivity contribution in [3.63, 3.8) is 0 Å². The first-order chi connectivity index (χ1) is 7.86. The van der Waals surface area contributed by atoms with Gasteiger partial charge in [0, 0.05) is 11.3 Å². The van der Waals surface area contributed by atoms with Gasteiger partial charge >= 0.3 is 0 Å². The van der Waals surface area contributed by atoms with Crippen LogP contribution >= 0.6 is 0 Å². The second-order valence-corrected chi connectivity index (χ2v) is 6.31. The number of nitrogens with zero attached hydrogens (tertiary/aromatic N) is 1. The van der Waals surface area contributed by atoms with Gasteiger partial charge in [0.25, 0.3) is 0 Å². The zero-order valence-corrected chi connectivity index (χ0v) is 12.6. The van der Waals surface area contributed by atoms with Crippen LogP contribution in [0.5, 0.6) is 0 Å². The monoisotopic (exact) mass is 241 g/mol. The minimum absolute atomic E-state index is 0.0238. The number of rotatable bonds is 7. The van der Waals surface area contributed by atoms with E-state index in [1.54, 1.807) is 0 Å². The van der Waals surface area contributed by atoms with E-state index in [1.807, 2.05) is 0 Å². The van der Waals surface area contributed by atoms with Crippen molar-refractivity contribution in [3.05, 3.63) is 0 Å². The molecule has 2 heteroatoms. The Morgan fingerprint density at radius 2 is 1.71 bits per heavy atom. The second kappa shape index (κ2) is 7.73. The van der Waals surface area contributed by atoms with Crippen LogP contribution in [0.1, 0.15) is 73.6 Å². The Morgan fingerprint density at radius 3 is 2.06 bits per heavy atom. The quantitative estimate of drug-likeness (QED) is 0.375. The van der Waals surface area contributed by atoms with Crippen molar-refractivity contribution in [2.75, 3.05) is 0 Å². The second-order valence-electron chi connectivity index (χ2n) is 6.31. The van der Waals surface area contributed by atoms with Crippen LogP contribution in [0.25, 0.3) is 0 Å². The van der Waals surface area contributed by atoms with Gasteiger partial charge < -0.3 is 5.21 Å². The fourth-order valence-corrected chi connectivity index (χ4v) is 2.30. The Morgan fingerprint density at radius 1 is 1.12 bits per heavy atom. The first-order valence-corrected chi connectivity index (χ1v) is 7.09. The van der Waals surface area contributed by atoms with Gasteiger partial charge in [0.15, 0.2) is 0 Å². The smallest absolute Gasteiger partial charge is 0.0654 e. The minimum atomic E-state index is -0.0238. The van der Waals surface area contributed by atoms with Gasteiger partial charge in [-0.05, 0) is 18.8 Å². The molecule has 0 aliphatic carbocycles. The molecule has 102 valence electrons. The molecule has 0 fully saturated rings. The fourth-order valence-electron chi connectivity index (χ4n) is 2.30. The Labute approximate surface area is 107 Å². The van der Waals surface area contributed by atoms with Gasteiger partial charge in [0.05, 0.1) is 5.71 Å². The molecule has 2 nitrogen and oxygen atoms in total. The third-order valence-corrected chi connectivity index (χ3v) is 3.60. The molecule has 0 amide bonds. The van der Waals surface area contributed by atoms with Gasteiger partial charge in [-0.25, -0.2) is 0 Å². The summed E-state index contributed by atoms with van der Waals surface area (Å²) >= 11 is 0. The summed E-state index contributed by atoms with van der Waals surface area (Å²) in [4.78, 5) is 0. The molecule has 0 rings (SSSR count). The van der Waals surface area contributed by atoms with Gasteiger partial charge in [0.1, 0.15) is 0 Å². The molecule has 0 aromatic carbocycles. The lowest BCUT2D eigenvalue weighted by molar-refractivity contribution is 0.299. The van der Waals surface area contributed by atoms with Crippen LogP contribution in [0.2, 0.25) is 0 Å². The molecule has 0 saturated heterocycles. The maximum absolute atomic E-state index is 9.27. The highest BCUT2D eigenvalue weighted by molar-refractivity contribution is 5.90. The molecular weight excluding hydrogens is 210 g/mol. The largest absolute Gasteiger partial charge is 0.411 e. The summed E-state index contributed by atoms with van der Waals surface area (Å²) in [5, 5.41) is 12.9. The van der Waals surface area contributed by atoms with E-state index in [2.05, 4.69) is 46.7 Å². The van der Waals surface area contributed by atoms with E-state index in [-0.39, 0.29) is 5.41 Å². The van der Waals surface area contributed by atoms with Crippen molar-refractivity contribution in [3.8, 4) is 0 Å². The van der Waals surface area contributed by atoms with E-state index >= 15 is 0 Å². The molecule has 0 saturated carbocycles. The Kier molecular flexibility index (Phi) is 7.49. The van der Waals surface area contributed by atoms with E-state index in [0.29, 0.717) is 5.92 Å². The molecule has 1 N–H and O–H groups in total. The molecule has 0 heterocycles. The van der Waals surface area contributed by atoms with E-state index in [4.69, 9.17) is 0 Å². The summed E-state index contributed by atoms with van der Waals surface area (Å²) in [7, 11) is 0. The maximum Gasteiger partial charge on any atom is 0.0654 e. The molecule has 17 heavy (non-hydrogen) atoms. The van der Waals surface area contributed by atoms with Crippen LogP contribution in [0.3, 0.4) is 0 Å². The molecule has 0 aliphatic rings. The van der Waals surface area contributed by atoms with Crippen LogP contribution in [0.4, 0.5) is 0 Å². The third kappa shape index (κ3) is 6.09. The van der Waals surface area contributed by atoms with Crippen molar-refractivity contribution in [1.82, 2.24) is 0 Å². The van der Waals surface area contributed by atoms with Crippen LogP contribution in [-0.2, 0) is 0 Å². The molecule has 2 atom stereocenters. The van der Waals surface area contributed by atoms with Crippen LogP contribution in [0, 0.1) is 17.3 Å². The molecular formula is C15H31NO. The van der Waals surface area contributed by atoms with E-state index in [0.717, 1.165) is 30.9 Å². The number of oxime groups is 1. The highest BCUT2D eigenvalue weighted by Crippen LogP contribution is 2.29. The minimum Gasteiger partial charge on any atom is -0.411 e.